The van der Waals surface area contributed by atoms with E-state index in [1.807, 2.05) is 24.3 Å². The molecule has 0 bridgehead atoms. The standard InChI is InChI=1S/C13H14BrN3O2/c1-8-11(15)12(17(2)16-8)13(18)19-7-9-4-3-5-10(14)6-9/h3-6H,7,15H2,1-2H3. The number of ether oxygens (including phenoxy) is 1. The molecular weight excluding hydrogens is 310 g/mol. The first-order valence-electron chi connectivity index (χ1n) is 5.69. The van der Waals surface area contributed by atoms with Crippen LogP contribution >= 0.6 is 15.9 Å². The number of aromatic nitrogens is 2. The van der Waals surface area contributed by atoms with Crippen LogP contribution in [-0.2, 0) is 18.4 Å². The SMILES string of the molecule is Cc1nn(C)c(C(=O)OCc2cccc(Br)c2)c1N. The molecular formula is C13H14BrN3O2. The molecule has 0 spiro atoms. The van der Waals surface area contributed by atoms with Crippen LogP contribution in [0.2, 0.25) is 0 Å². The van der Waals surface area contributed by atoms with Gasteiger partial charge in [0.05, 0.1) is 11.4 Å². The summed E-state index contributed by atoms with van der Waals surface area (Å²) in [6, 6.07) is 7.57. The first-order valence-corrected chi connectivity index (χ1v) is 6.49. The molecule has 1 aromatic carbocycles. The van der Waals surface area contributed by atoms with Crippen LogP contribution in [0.3, 0.4) is 0 Å². The van der Waals surface area contributed by atoms with E-state index in [1.165, 1.54) is 4.68 Å². The second kappa shape index (κ2) is 5.44. The van der Waals surface area contributed by atoms with E-state index < -0.39 is 5.97 Å². The number of benzene rings is 1. The van der Waals surface area contributed by atoms with Crippen molar-refractivity contribution in [2.45, 2.75) is 13.5 Å². The van der Waals surface area contributed by atoms with Gasteiger partial charge in [-0.05, 0) is 24.6 Å². The quantitative estimate of drug-likeness (QED) is 0.881. The predicted octanol–water partition coefficient (Wildman–Crippen LogP) is 2.43. The van der Waals surface area contributed by atoms with Crippen molar-refractivity contribution in [1.82, 2.24) is 9.78 Å². The van der Waals surface area contributed by atoms with E-state index in [2.05, 4.69) is 21.0 Å². The fourth-order valence-electron chi connectivity index (χ4n) is 1.76. The lowest BCUT2D eigenvalue weighted by atomic mass is 10.2. The smallest absolute Gasteiger partial charge is 0.359 e. The van der Waals surface area contributed by atoms with Crippen molar-refractivity contribution in [2.24, 2.45) is 7.05 Å². The summed E-state index contributed by atoms with van der Waals surface area (Å²) in [5, 5.41) is 4.08. The molecule has 2 aromatic rings. The van der Waals surface area contributed by atoms with Crippen LogP contribution in [0.15, 0.2) is 28.7 Å². The highest BCUT2D eigenvalue weighted by atomic mass is 79.9. The molecule has 0 amide bonds. The Kier molecular flexibility index (Phi) is 3.90. The van der Waals surface area contributed by atoms with Gasteiger partial charge >= 0.3 is 5.97 Å². The van der Waals surface area contributed by atoms with Crippen molar-refractivity contribution in [3.8, 4) is 0 Å². The van der Waals surface area contributed by atoms with Gasteiger partial charge in [0.15, 0.2) is 5.69 Å². The van der Waals surface area contributed by atoms with Crippen LogP contribution < -0.4 is 5.73 Å². The minimum Gasteiger partial charge on any atom is -0.456 e. The zero-order chi connectivity index (χ0) is 14.0. The molecule has 5 nitrogen and oxygen atoms in total. The molecule has 0 fully saturated rings. The fourth-order valence-corrected chi connectivity index (χ4v) is 2.21. The van der Waals surface area contributed by atoms with E-state index in [-0.39, 0.29) is 12.3 Å². The molecule has 100 valence electrons. The molecule has 0 radical (unpaired) electrons. The molecule has 19 heavy (non-hydrogen) atoms. The molecule has 6 heteroatoms. The zero-order valence-corrected chi connectivity index (χ0v) is 12.3. The molecule has 2 rings (SSSR count). The van der Waals surface area contributed by atoms with Gasteiger partial charge in [-0.2, -0.15) is 5.10 Å². The maximum atomic E-state index is 12.0. The normalized spacial score (nSPS) is 10.5. The summed E-state index contributed by atoms with van der Waals surface area (Å²) in [7, 11) is 1.67. The summed E-state index contributed by atoms with van der Waals surface area (Å²) in [6.07, 6.45) is 0. The van der Waals surface area contributed by atoms with Crippen LogP contribution in [0.4, 0.5) is 5.69 Å². The van der Waals surface area contributed by atoms with Gasteiger partial charge in [0.1, 0.15) is 6.61 Å². The minimum atomic E-state index is -0.472. The molecule has 0 saturated carbocycles. The Morgan fingerprint density at radius 1 is 1.53 bits per heavy atom. The van der Waals surface area contributed by atoms with Crippen molar-refractivity contribution in [2.75, 3.05) is 5.73 Å². The number of hydrogen-bond donors (Lipinski definition) is 1. The van der Waals surface area contributed by atoms with E-state index >= 15 is 0 Å². The molecule has 0 aliphatic carbocycles. The third kappa shape index (κ3) is 2.96. The Labute approximate surface area is 119 Å². The lowest BCUT2D eigenvalue weighted by molar-refractivity contribution is 0.0461. The lowest BCUT2D eigenvalue weighted by Gasteiger charge is -2.06. The van der Waals surface area contributed by atoms with Gasteiger partial charge in [-0.15, -0.1) is 0 Å². The van der Waals surface area contributed by atoms with Crippen LogP contribution in [0, 0.1) is 6.92 Å². The monoisotopic (exact) mass is 323 g/mol. The summed E-state index contributed by atoms with van der Waals surface area (Å²) in [5.41, 5.74) is 7.98. The third-order valence-electron chi connectivity index (χ3n) is 2.72. The predicted molar refractivity (Wildman–Crippen MR) is 75.6 cm³/mol. The number of hydrogen-bond acceptors (Lipinski definition) is 4. The number of nitrogen functional groups attached to an aromatic ring is 1. The Morgan fingerprint density at radius 3 is 2.84 bits per heavy atom. The number of carbonyl (C=O) groups is 1. The van der Waals surface area contributed by atoms with Crippen molar-refractivity contribution >= 4 is 27.6 Å². The highest BCUT2D eigenvalue weighted by Crippen LogP contribution is 2.18. The second-order valence-electron chi connectivity index (χ2n) is 4.18. The average molecular weight is 324 g/mol. The van der Waals surface area contributed by atoms with E-state index in [4.69, 9.17) is 10.5 Å². The first-order chi connectivity index (χ1) is 8.99. The van der Waals surface area contributed by atoms with Crippen LogP contribution in [0.5, 0.6) is 0 Å². The Balaban J connectivity index is 2.10. The highest BCUT2D eigenvalue weighted by molar-refractivity contribution is 9.10. The zero-order valence-electron chi connectivity index (χ0n) is 10.7. The molecule has 1 heterocycles. The van der Waals surface area contributed by atoms with Crippen LogP contribution in [0.1, 0.15) is 21.7 Å². The Hall–Kier alpha value is -1.82. The maximum Gasteiger partial charge on any atom is 0.359 e. The second-order valence-corrected chi connectivity index (χ2v) is 5.09. The number of anilines is 1. The summed E-state index contributed by atoms with van der Waals surface area (Å²) in [5.74, 6) is -0.472. The summed E-state index contributed by atoms with van der Waals surface area (Å²) >= 11 is 3.37. The molecule has 0 unspecified atom stereocenters. The van der Waals surface area contributed by atoms with E-state index in [1.54, 1.807) is 14.0 Å². The number of carbonyl (C=O) groups excluding carboxylic acids is 1. The Morgan fingerprint density at radius 2 is 2.26 bits per heavy atom. The minimum absolute atomic E-state index is 0.196. The van der Waals surface area contributed by atoms with Gasteiger partial charge < -0.3 is 10.5 Å². The van der Waals surface area contributed by atoms with Gasteiger partial charge in [-0.25, -0.2) is 4.79 Å². The molecule has 1 aromatic heterocycles. The number of rotatable bonds is 3. The number of nitrogens with zero attached hydrogens (tertiary/aromatic N) is 2. The van der Waals surface area contributed by atoms with Crippen LogP contribution in [-0.4, -0.2) is 15.7 Å². The topological polar surface area (TPSA) is 70.1 Å². The van der Waals surface area contributed by atoms with Crippen molar-refractivity contribution in [3.05, 3.63) is 45.7 Å². The maximum absolute atomic E-state index is 12.0. The first kappa shape index (κ1) is 13.6. The van der Waals surface area contributed by atoms with Crippen molar-refractivity contribution in [3.63, 3.8) is 0 Å². The van der Waals surface area contributed by atoms with E-state index in [9.17, 15) is 4.79 Å². The molecule has 0 aliphatic rings. The number of esters is 1. The largest absolute Gasteiger partial charge is 0.456 e. The summed E-state index contributed by atoms with van der Waals surface area (Å²) in [6.45, 7) is 1.95. The lowest BCUT2D eigenvalue weighted by Crippen LogP contribution is -2.12. The fraction of sp³-hybridized carbons (Fsp3) is 0.231. The molecule has 0 saturated heterocycles. The third-order valence-corrected chi connectivity index (χ3v) is 3.21. The van der Waals surface area contributed by atoms with Gasteiger partial charge in [0, 0.05) is 11.5 Å². The van der Waals surface area contributed by atoms with E-state index in [0.717, 1.165) is 10.0 Å². The molecule has 0 aliphatic heterocycles. The van der Waals surface area contributed by atoms with Gasteiger partial charge in [0.2, 0.25) is 0 Å². The average Bonchev–Trinajstić information content (AvgIpc) is 2.61. The summed E-state index contributed by atoms with van der Waals surface area (Å²) in [4.78, 5) is 12.0. The van der Waals surface area contributed by atoms with Crippen molar-refractivity contribution < 1.29 is 9.53 Å². The van der Waals surface area contributed by atoms with Crippen LogP contribution in [0.25, 0.3) is 0 Å². The van der Waals surface area contributed by atoms with Gasteiger partial charge in [0.25, 0.3) is 0 Å². The number of halogens is 1. The molecule has 2 N–H and O–H groups in total. The van der Waals surface area contributed by atoms with Gasteiger partial charge in [-0.3, -0.25) is 4.68 Å². The molecule has 0 atom stereocenters. The number of aryl methyl sites for hydroxylation is 2. The van der Waals surface area contributed by atoms with Gasteiger partial charge in [-0.1, -0.05) is 28.1 Å². The van der Waals surface area contributed by atoms with E-state index in [0.29, 0.717) is 11.4 Å². The summed E-state index contributed by atoms with van der Waals surface area (Å²) < 4.78 is 7.62. The Bertz CT molecular complexity index is 622. The van der Waals surface area contributed by atoms with Crippen molar-refractivity contribution in [1.29, 1.82) is 0 Å². The highest BCUT2D eigenvalue weighted by Gasteiger charge is 2.19. The number of nitrogens with two attached hydrogens (primary N) is 1.